The van der Waals surface area contributed by atoms with E-state index in [0.717, 1.165) is 17.7 Å². The molecular formula is C29H31ClF3N3O4S. The van der Waals surface area contributed by atoms with E-state index in [4.69, 9.17) is 11.6 Å². The van der Waals surface area contributed by atoms with E-state index in [9.17, 15) is 31.2 Å². The lowest BCUT2D eigenvalue weighted by Crippen LogP contribution is -2.52. The highest BCUT2D eigenvalue weighted by Gasteiger charge is 2.36. The number of carbonyl (C=O) groups excluding carboxylic acids is 2. The minimum absolute atomic E-state index is 0.0528. The first-order chi connectivity index (χ1) is 19.1. The van der Waals surface area contributed by atoms with Crippen molar-refractivity contribution in [1.29, 1.82) is 0 Å². The van der Waals surface area contributed by atoms with E-state index in [1.165, 1.54) is 36.1 Å². The average molecular weight is 610 g/mol. The van der Waals surface area contributed by atoms with Crippen LogP contribution in [0.25, 0.3) is 0 Å². The Morgan fingerprint density at radius 1 is 0.951 bits per heavy atom. The Bertz CT molecular complexity index is 1500. The normalized spacial score (nSPS) is 12.6. The zero-order valence-electron chi connectivity index (χ0n) is 22.9. The average Bonchev–Trinajstić information content (AvgIpc) is 2.89. The topological polar surface area (TPSA) is 86.8 Å². The lowest BCUT2D eigenvalue weighted by molar-refractivity contribution is -0.139. The van der Waals surface area contributed by atoms with Gasteiger partial charge in [-0.05, 0) is 63.6 Å². The first kappa shape index (κ1) is 32.0. The molecule has 0 aliphatic heterocycles. The lowest BCUT2D eigenvalue weighted by Gasteiger charge is -2.32. The zero-order chi connectivity index (χ0) is 30.5. The van der Waals surface area contributed by atoms with Crippen molar-refractivity contribution in [2.75, 3.05) is 10.8 Å². The van der Waals surface area contributed by atoms with Crippen molar-refractivity contribution in [1.82, 2.24) is 10.2 Å². The number of hydrogen-bond donors (Lipinski definition) is 1. The van der Waals surface area contributed by atoms with Gasteiger partial charge in [-0.1, -0.05) is 59.6 Å². The third kappa shape index (κ3) is 8.01. The smallest absolute Gasteiger partial charge is 0.352 e. The fourth-order valence-electron chi connectivity index (χ4n) is 4.11. The molecule has 0 aliphatic carbocycles. The second kappa shape index (κ2) is 12.9. The second-order valence-corrected chi connectivity index (χ2v) is 12.1. The van der Waals surface area contributed by atoms with Gasteiger partial charge in [-0.2, -0.15) is 13.2 Å². The molecule has 3 aromatic carbocycles. The fraction of sp³-hybridized carbons (Fsp3) is 0.310. The highest BCUT2D eigenvalue weighted by Crippen LogP contribution is 2.37. The standard InChI is InChI=1S/C29H31ClF3N3O4S/c1-19(2)34-28(38)21(4)35(17-22-10-8-9-20(3)15-22)27(37)18-36(41(39,40)24-11-6-5-7-12-24)26-16-23(29(31,32)33)13-14-25(26)30/h5-16,19,21H,17-18H2,1-4H3,(H,34,38). The fourth-order valence-corrected chi connectivity index (χ4v) is 5.82. The van der Waals surface area contributed by atoms with Crippen LogP contribution in [0, 0.1) is 6.92 Å². The number of halogens is 4. The summed E-state index contributed by atoms with van der Waals surface area (Å²) in [5.41, 5.74) is -0.0808. The minimum Gasteiger partial charge on any atom is -0.352 e. The molecule has 12 heteroatoms. The molecule has 3 aromatic rings. The van der Waals surface area contributed by atoms with Crippen LogP contribution in [0.2, 0.25) is 5.02 Å². The molecule has 0 bridgehead atoms. The molecule has 2 amide bonds. The summed E-state index contributed by atoms with van der Waals surface area (Å²) >= 11 is 6.25. The first-order valence-corrected chi connectivity index (χ1v) is 14.5. The molecule has 0 heterocycles. The number of amides is 2. The van der Waals surface area contributed by atoms with Crippen LogP contribution in [0.4, 0.5) is 18.9 Å². The summed E-state index contributed by atoms with van der Waals surface area (Å²) in [6.45, 7) is 5.89. The SMILES string of the molecule is Cc1cccc(CN(C(=O)CN(c2cc(C(F)(F)F)ccc2Cl)S(=O)(=O)c2ccccc2)C(C)C(=O)NC(C)C)c1. The summed E-state index contributed by atoms with van der Waals surface area (Å²) in [4.78, 5) is 27.8. The molecule has 220 valence electrons. The first-order valence-electron chi connectivity index (χ1n) is 12.7. The molecule has 0 radical (unpaired) electrons. The van der Waals surface area contributed by atoms with Crippen molar-refractivity contribution in [3.8, 4) is 0 Å². The highest BCUT2D eigenvalue weighted by atomic mass is 35.5. The van der Waals surface area contributed by atoms with Crippen molar-refractivity contribution in [3.05, 3.63) is 94.5 Å². The van der Waals surface area contributed by atoms with E-state index >= 15 is 0 Å². The van der Waals surface area contributed by atoms with Gasteiger partial charge < -0.3 is 10.2 Å². The molecule has 1 atom stereocenters. The van der Waals surface area contributed by atoms with E-state index in [1.807, 2.05) is 19.1 Å². The number of nitrogens with zero attached hydrogens (tertiary/aromatic N) is 2. The van der Waals surface area contributed by atoms with Gasteiger partial charge in [0, 0.05) is 12.6 Å². The number of aryl methyl sites for hydroxylation is 1. The number of benzene rings is 3. The molecule has 0 aliphatic rings. The Labute approximate surface area is 243 Å². The van der Waals surface area contributed by atoms with Crippen molar-refractivity contribution in [3.63, 3.8) is 0 Å². The van der Waals surface area contributed by atoms with Crippen LogP contribution in [-0.2, 0) is 32.3 Å². The molecule has 1 N–H and O–H groups in total. The van der Waals surface area contributed by atoms with Crippen LogP contribution in [0.3, 0.4) is 0 Å². The predicted octanol–water partition coefficient (Wildman–Crippen LogP) is 5.80. The van der Waals surface area contributed by atoms with Gasteiger partial charge in [-0.25, -0.2) is 8.42 Å². The molecular weight excluding hydrogens is 579 g/mol. The zero-order valence-corrected chi connectivity index (χ0v) is 24.5. The van der Waals surface area contributed by atoms with E-state index in [-0.39, 0.29) is 22.5 Å². The number of alkyl halides is 3. The molecule has 0 fully saturated rings. The van der Waals surface area contributed by atoms with Crippen LogP contribution in [0.15, 0.2) is 77.7 Å². The third-order valence-corrected chi connectivity index (χ3v) is 8.28. The van der Waals surface area contributed by atoms with Crippen molar-refractivity contribution < 1.29 is 31.2 Å². The Morgan fingerprint density at radius 2 is 1.61 bits per heavy atom. The van der Waals surface area contributed by atoms with E-state index in [1.54, 1.807) is 32.0 Å². The monoisotopic (exact) mass is 609 g/mol. The van der Waals surface area contributed by atoms with Gasteiger partial charge in [-0.15, -0.1) is 0 Å². The number of anilines is 1. The molecule has 7 nitrogen and oxygen atoms in total. The molecule has 0 saturated carbocycles. The largest absolute Gasteiger partial charge is 0.416 e. The van der Waals surface area contributed by atoms with Crippen LogP contribution in [-0.4, -0.2) is 43.8 Å². The number of nitrogens with one attached hydrogen (secondary N) is 1. The van der Waals surface area contributed by atoms with Gasteiger partial charge in [0.2, 0.25) is 11.8 Å². The maximum absolute atomic E-state index is 13.9. The van der Waals surface area contributed by atoms with Crippen LogP contribution in [0.5, 0.6) is 0 Å². The quantitative estimate of drug-likeness (QED) is 0.315. The van der Waals surface area contributed by atoms with Crippen LogP contribution >= 0.6 is 11.6 Å². The van der Waals surface area contributed by atoms with Gasteiger partial charge in [0.15, 0.2) is 0 Å². The van der Waals surface area contributed by atoms with Crippen molar-refractivity contribution in [2.24, 2.45) is 0 Å². The lowest BCUT2D eigenvalue weighted by atomic mass is 10.1. The van der Waals surface area contributed by atoms with Gasteiger partial charge in [0.05, 0.1) is 21.2 Å². The van der Waals surface area contributed by atoms with Gasteiger partial charge in [0.1, 0.15) is 12.6 Å². The van der Waals surface area contributed by atoms with Gasteiger partial charge in [0.25, 0.3) is 10.0 Å². The number of rotatable bonds is 10. The summed E-state index contributed by atoms with van der Waals surface area (Å²) in [5.74, 6) is -1.29. The highest BCUT2D eigenvalue weighted by molar-refractivity contribution is 7.92. The Hall–Kier alpha value is -3.57. The van der Waals surface area contributed by atoms with Crippen LogP contribution < -0.4 is 9.62 Å². The molecule has 41 heavy (non-hydrogen) atoms. The van der Waals surface area contributed by atoms with Gasteiger partial charge in [-0.3, -0.25) is 13.9 Å². The number of carbonyl (C=O) groups is 2. The Morgan fingerprint density at radius 3 is 2.20 bits per heavy atom. The van der Waals surface area contributed by atoms with Crippen LogP contribution in [0.1, 0.15) is 37.5 Å². The second-order valence-electron chi connectivity index (χ2n) is 9.84. The predicted molar refractivity (Wildman–Crippen MR) is 152 cm³/mol. The molecule has 3 rings (SSSR count). The maximum atomic E-state index is 13.9. The summed E-state index contributed by atoms with van der Waals surface area (Å²) < 4.78 is 69.0. The van der Waals surface area contributed by atoms with E-state index in [2.05, 4.69) is 5.32 Å². The Balaban J connectivity index is 2.13. The molecule has 0 aromatic heterocycles. The summed E-state index contributed by atoms with van der Waals surface area (Å²) in [6.07, 6.45) is -4.80. The molecule has 0 spiro atoms. The maximum Gasteiger partial charge on any atom is 0.416 e. The van der Waals surface area contributed by atoms with E-state index in [0.29, 0.717) is 15.9 Å². The van der Waals surface area contributed by atoms with Crippen molar-refractivity contribution in [2.45, 2.75) is 57.4 Å². The number of sulfonamides is 1. The van der Waals surface area contributed by atoms with Crippen molar-refractivity contribution >= 4 is 39.1 Å². The molecule has 1 unspecified atom stereocenters. The van der Waals surface area contributed by atoms with Gasteiger partial charge >= 0.3 is 6.18 Å². The number of hydrogen-bond acceptors (Lipinski definition) is 4. The summed E-state index contributed by atoms with van der Waals surface area (Å²) in [6, 6.07) is 15.2. The third-order valence-electron chi connectivity index (χ3n) is 6.19. The summed E-state index contributed by atoms with van der Waals surface area (Å²) in [7, 11) is -4.58. The minimum atomic E-state index is -4.80. The Kier molecular flexibility index (Phi) is 10.1. The van der Waals surface area contributed by atoms with E-state index < -0.39 is 51.9 Å². The molecule has 0 saturated heterocycles. The summed E-state index contributed by atoms with van der Waals surface area (Å²) in [5, 5.41) is 2.43.